The summed E-state index contributed by atoms with van der Waals surface area (Å²) < 4.78 is 0. The number of aryl methyl sites for hydroxylation is 1. The number of aliphatic carboxylic acids is 1. The highest BCUT2D eigenvalue weighted by molar-refractivity contribution is 7.99. The molecule has 0 saturated carbocycles. The molecule has 0 amide bonds. The third kappa shape index (κ3) is 2.23. The zero-order valence-electron chi connectivity index (χ0n) is 8.85. The number of carboxylic acid groups (broad SMARTS) is 1. The van der Waals surface area contributed by atoms with Gasteiger partial charge in [0.25, 0.3) is 0 Å². The Labute approximate surface area is 98.5 Å². The van der Waals surface area contributed by atoms with Crippen molar-refractivity contribution in [1.82, 2.24) is 0 Å². The first-order valence-corrected chi connectivity index (χ1v) is 6.30. The van der Waals surface area contributed by atoms with Gasteiger partial charge in [0.15, 0.2) is 0 Å². The van der Waals surface area contributed by atoms with Crippen molar-refractivity contribution in [2.75, 3.05) is 12.4 Å². The maximum Gasteiger partial charge on any atom is 0.313 e. The minimum Gasteiger partial charge on any atom is -0.481 e. The molecule has 0 aliphatic carbocycles. The van der Waals surface area contributed by atoms with E-state index in [0.29, 0.717) is 5.56 Å². The molecule has 0 spiro atoms. The lowest BCUT2D eigenvalue weighted by atomic mass is 9.96. The first kappa shape index (κ1) is 11.5. The Morgan fingerprint density at radius 2 is 2.31 bits per heavy atom. The lowest BCUT2D eigenvalue weighted by Crippen LogP contribution is -2.16. The summed E-state index contributed by atoms with van der Waals surface area (Å²) in [6, 6.07) is 5.71. The third-order valence-corrected chi connectivity index (χ3v) is 4.02. The highest BCUT2D eigenvalue weighted by Gasteiger charge is 2.20. The molecule has 4 heteroatoms. The number of benzene rings is 1. The van der Waals surface area contributed by atoms with Gasteiger partial charge in [-0.2, -0.15) is 0 Å². The minimum absolute atomic E-state index is 0.346. The maximum atomic E-state index is 10.9. The molecule has 1 aliphatic rings. The molecule has 0 fully saturated rings. The molecular weight excluding hydrogens is 224 g/mol. The maximum absolute atomic E-state index is 10.9. The van der Waals surface area contributed by atoms with E-state index in [0.717, 1.165) is 18.6 Å². The van der Waals surface area contributed by atoms with Gasteiger partial charge in [0, 0.05) is 4.90 Å². The number of carbonyl (C=O) groups is 1. The van der Waals surface area contributed by atoms with Crippen LogP contribution >= 0.6 is 11.8 Å². The quantitative estimate of drug-likeness (QED) is 0.844. The van der Waals surface area contributed by atoms with E-state index in [1.165, 1.54) is 10.5 Å². The molecule has 2 N–H and O–H groups in total. The molecule has 1 aromatic carbocycles. The molecule has 0 aromatic heterocycles. The summed E-state index contributed by atoms with van der Waals surface area (Å²) in [5, 5.41) is 18.0. The predicted molar refractivity (Wildman–Crippen MR) is 62.9 cm³/mol. The van der Waals surface area contributed by atoms with Gasteiger partial charge in [-0.3, -0.25) is 4.79 Å². The van der Waals surface area contributed by atoms with Crippen LogP contribution in [0.5, 0.6) is 0 Å². The van der Waals surface area contributed by atoms with Crippen LogP contribution in [0.2, 0.25) is 0 Å². The highest BCUT2D eigenvalue weighted by atomic mass is 32.2. The fourth-order valence-corrected chi connectivity index (χ4v) is 2.94. The van der Waals surface area contributed by atoms with E-state index in [1.54, 1.807) is 0 Å². The van der Waals surface area contributed by atoms with E-state index in [1.807, 2.05) is 30.0 Å². The van der Waals surface area contributed by atoms with Gasteiger partial charge in [0.1, 0.15) is 5.92 Å². The Morgan fingerprint density at radius 3 is 3.00 bits per heavy atom. The smallest absolute Gasteiger partial charge is 0.313 e. The number of carboxylic acids is 1. The van der Waals surface area contributed by atoms with Crippen LogP contribution in [0.3, 0.4) is 0 Å². The molecule has 2 rings (SSSR count). The summed E-state index contributed by atoms with van der Waals surface area (Å²) >= 11 is 1.82. The lowest BCUT2D eigenvalue weighted by Gasteiger charge is -2.17. The largest absolute Gasteiger partial charge is 0.481 e. The SMILES string of the molecule is O=C(O)C(CO)c1ccc2c(c1)CCCS2. The van der Waals surface area contributed by atoms with Crippen molar-refractivity contribution >= 4 is 17.7 Å². The summed E-state index contributed by atoms with van der Waals surface area (Å²) in [7, 11) is 0. The van der Waals surface area contributed by atoms with Crippen molar-refractivity contribution in [3.05, 3.63) is 29.3 Å². The van der Waals surface area contributed by atoms with E-state index in [9.17, 15) is 4.79 Å². The molecule has 3 nitrogen and oxygen atoms in total. The average Bonchev–Trinajstić information content (AvgIpc) is 2.29. The zero-order chi connectivity index (χ0) is 11.5. The van der Waals surface area contributed by atoms with Gasteiger partial charge in [-0.15, -0.1) is 11.8 Å². The van der Waals surface area contributed by atoms with E-state index in [2.05, 4.69) is 0 Å². The standard InChI is InChI=1S/C12H14O3S/c13-7-10(12(14)15)8-3-4-11-9(6-8)2-1-5-16-11/h3-4,6,10,13H,1-2,5,7H2,(H,14,15). The van der Waals surface area contributed by atoms with E-state index >= 15 is 0 Å². The summed E-state index contributed by atoms with van der Waals surface area (Å²) in [6.45, 7) is -0.346. The fourth-order valence-electron chi connectivity index (χ4n) is 1.92. The van der Waals surface area contributed by atoms with Gasteiger partial charge >= 0.3 is 5.97 Å². The molecule has 0 radical (unpaired) electrons. The zero-order valence-corrected chi connectivity index (χ0v) is 9.67. The van der Waals surface area contributed by atoms with Crippen LogP contribution in [0, 0.1) is 0 Å². The minimum atomic E-state index is -0.967. The van der Waals surface area contributed by atoms with Gasteiger partial charge in [-0.05, 0) is 35.8 Å². The molecule has 16 heavy (non-hydrogen) atoms. The van der Waals surface area contributed by atoms with Crippen LogP contribution in [0.25, 0.3) is 0 Å². The molecule has 1 heterocycles. The second kappa shape index (κ2) is 4.89. The summed E-state index contributed by atoms with van der Waals surface area (Å²) in [5.74, 6) is -0.627. The van der Waals surface area contributed by atoms with Crippen LogP contribution in [-0.4, -0.2) is 28.5 Å². The number of aliphatic hydroxyl groups excluding tert-OH is 1. The van der Waals surface area contributed by atoms with Gasteiger partial charge in [-0.25, -0.2) is 0 Å². The lowest BCUT2D eigenvalue weighted by molar-refractivity contribution is -0.139. The Morgan fingerprint density at radius 1 is 1.50 bits per heavy atom. The first-order chi connectivity index (χ1) is 7.72. The molecular formula is C12H14O3S. The third-order valence-electron chi connectivity index (χ3n) is 2.82. The number of thioether (sulfide) groups is 1. The number of hydrogen-bond donors (Lipinski definition) is 2. The number of rotatable bonds is 3. The van der Waals surface area contributed by atoms with Crippen molar-refractivity contribution in [3.8, 4) is 0 Å². The highest BCUT2D eigenvalue weighted by Crippen LogP contribution is 2.32. The van der Waals surface area contributed by atoms with Crippen LogP contribution in [0.15, 0.2) is 23.1 Å². The summed E-state index contributed by atoms with van der Waals surface area (Å²) in [6.07, 6.45) is 2.14. The number of fused-ring (bicyclic) bond motifs is 1. The van der Waals surface area contributed by atoms with Crippen LogP contribution < -0.4 is 0 Å². The van der Waals surface area contributed by atoms with Crippen LogP contribution in [0.4, 0.5) is 0 Å². The molecule has 1 aromatic rings. The number of aliphatic hydroxyl groups is 1. The molecule has 0 bridgehead atoms. The second-order valence-corrected chi connectivity index (χ2v) is 5.03. The van der Waals surface area contributed by atoms with E-state index in [4.69, 9.17) is 10.2 Å². The Bertz CT molecular complexity index is 403. The molecule has 1 unspecified atom stereocenters. The van der Waals surface area contributed by atoms with Crippen molar-refractivity contribution in [1.29, 1.82) is 0 Å². The Hall–Kier alpha value is -1.00. The van der Waals surface area contributed by atoms with Crippen molar-refractivity contribution in [3.63, 3.8) is 0 Å². The fraction of sp³-hybridized carbons (Fsp3) is 0.417. The van der Waals surface area contributed by atoms with Crippen molar-refractivity contribution in [2.24, 2.45) is 0 Å². The Kier molecular flexibility index (Phi) is 3.51. The molecule has 1 atom stereocenters. The van der Waals surface area contributed by atoms with E-state index in [-0.39, 0.29) is 6.61 Å². The summed E-state index contributed by atoms with van der Waals surface area (Å²) in [5.41, 5.74) is 1.92. The van der Waals surface area contributed by atoms with E-state index < -0.39 is 11.9 Å². The predicted octanol–water partition coefficient (Wildman–Crippen LogP) is 1.89. The molecule has 0 saturated heterocycles. The van der Waals surface area contributed by atoms with Gasteiger partial charge in [0.2, 0.25) is 0 Å². The monoisotopic (exact) mass is 238 g/mol. The average molecular weight is 238 g/mol. The molecule has 86 valence electrons. The van der Waals surface area contributed by atoms with Crippen molar-refractivity contribution < 1.29 is 15.0 Å². The number of hydrogen-bond acceptors (Lipinski definition) is 3. The van der Waals surface area contributed by atoms with Gasteiger partial charge < -0.3 is 10.2 Å². The summed E-state index contributed by atoms with van der Waals surface area (Å²) in [4.78, 5) is 12.2. The van der Waals surface area contributed by atoms with Crippen molar-refractivity contribution in [2.45, 2.75) is 23.7 Å². The Balaban J connectivity index is 2.32. The van der Waals surface area contributed by atoms with Gasteiger partial charge in [0.05, 0.1) is 6.61 Å². The molecule has 1 aliphatic heterocycles. The second-order valence-electron chi connectivity index (χ2n) is 3.89. The van der Waals surface area contributed by atoms with Crippen LogP contribution in [-0.2, 0) is 11.2 Å². The normalized spacial score (nSPS) is 16.6. The van der Waals surface area contributed by atoms with Gasteiger partial charge in [-0.1, -0.05) is 12.1 Å². The first-order valence-electron chi connectivity index (χ1n) is 5.31. The van der Waals surface area contributed by atoms with Crippen LogP contribution in [0.1, 0.15) is 23.5 Å². The topological polar surface area (TPSA) is 57.5 Å².